The van der Waals surface area contributed by atoms with Crippen molar-refractivity contribution in [1.29, 1.82) is 0 Å². The van der Waals surface area contributed by atoms with E-state index < -0.39 is 12.7 Å². The van der Waals surface area contributed by atoms with E-state index >= 15 is 0 Å². The van der Waals surface area contributed by atoms with Gasteiger partial charge in [0.25, 0.3) is 5.91 Å². The van der Waals surface area contributed by atoms with E-state index in [4.69, 9.17) is 4.84 Å². The van der Waals surface area contributed by atoms with Gasteiger partial charge in [-0.25, -0.2) is 0 Å². The van der Waals surface area contributed by atoms with Gasteiger partial charge in [-0.2, -0.15) is 8.78 Å². The molecule has 2 aliphatic rings. The molecule has 7 heteroatoms. The lowest BCUT2D eigenvalue weighted by molar-refractivity contribution is -0.128. The molecule has 0 fully saturated rings. The molecule has 0 saturated heterocycles. The summed E-state index contributed by atoms with van der Waals surface area (Å²) in [6.45, 7) is -2.53. The van der Waals surface area contributed by atoms with E-state index in [1.54, 1.807) is 6.07 Å². The standard InChI is InChI=1S/C20H18F2N2O3/c21-20(22)26-16-10-4-8-14-9-5-11-24(18(14)16)19(25)17-12-15(23-27-17)13-6-2-1-3-7-13/h1-4,6-8,10,17,20H,5,9,11-12H2/t17-/m0/s1. The second-order valence-corrected chi connectivity index (χ2v) is 6.44. The first-order chi connectivity index (χ1) is 13.1. The summed E-state index contributed by atoms with van der Waals surface area (Å²) in [5.74, 6) is -0.284. The summed E-state index contributed by atoms with van der Waals surface area (Å²) in [4.78, 5) is 19.9. The maximum atomic E-state index is 13.1. The number of fused-ring (bicyclic) bond motifs is 1. The molecule has 0 aliphatic carbocycles. The van der Waals surface area contributed by atoms with Crippen LogP contribution in [-0.2, 0) is 16.1 Å². The summed E-state index contributed by atoms with van der Waals surface area (Å²) in [6, 6.07) is 14.4. The number of benzene rings is 2. The molecule has 5 nitrogen and oxygen atoms in total. The fourth-order valence-corrected chi connectivity index (χ4v) is 3.51. The fourth-order valence-electron chi connectivity index (χ4n) is 3.51. The molecule has 0 saturated carbocycles. The summed E-state index contributed by atoms with van der Waals surface area (Å²) >= 11 is 0. The van der Waals surface area contributed by atoms with Gasteiger partial charge in [-0.3, -0.25) is 4.79 Å². The molecule has 2 aliphatic heterocycles. The summed E-state index contributed by atoms with van der Waals surface area (Å²) in [6.07, 6.45) is 1.02. The Kier molecular flexibility index (Phi) is 4.75. The number of carbonyl (C=O) groups excluding carboxylic acids is 1. The van der Waals surface area contributed by atoms with Gasteiger partial charge in [-0.05, 0) is 30.0 Å². The summed E-state index contributed by atoms with van der Waals surface area (Å²) in [5.41, 5.74) is 2.82. The maximum absolute atomic E-state index is 13.1. The molecule has 0 N–H and O–H groups in total. The van der Waals surface area contributed by atoms with Crippen molar-refractivity contribution in [3.8, 4) is 5.75 Å². The highest BCUT2D eigenvalue weighted by Crippen LogP contribution is 2.38. The Labute approximate surface area is 155 Å². The minimum Gasteiger partial charge on any atom is -0.433 e. The topological polar surface area (TPSA) is 51.1 Å². The van der Waals surface area contributed by atoms with Gasteiger partial charge in [0, 0.05) is 13.0 Å². The van der Waals surface area contributed by atoms with Gasteiger partial charge in [0.05, 0.1) is 11.4 Å². The first-order valence-electron chi connectivity index (χ1n) is 8.79. The number of amides is 1. The van der Waals surface area contributed by atoms with Crippen molar-refractivity contribution in [3.05, 3.63) is 59.7 Å². The number of hydrogen-bond donors (Lipinski definition) is 0. The van der Waals surface area contributed by atoms with Gasteiger partial charge in [0.2, 0.25) is 6.10 Å². The van der Waals surface area contributed by atoms with Crippen molar-refractivity contribution in [3.63, 3.8) is 0 Å². The molecule has 0 spiro atoms. The van der Waals surface area contributed by atoms with Gasteiger partial charge < -0.3 is 14.5 Å². The van der Waals surface area contributed by atoms with Crippen LogP contribution in [0.25, 0.3) is 0 Å². The van der Waals surface area contributed by atoms with E-state index in [1.165, 1.54) is 11.0 Å². The SMILES string of the molecule is O=C([C@@H]1CC(c2ccccc2)=NO1)N1CCCc2cccc(OC(F)F)c21. The molecule has 0 aromatic heterocycles. The summed E-state index contributed by atoms with van der Waals surface area (Å²) in [7, 11) is 0. The zero-order valence-electron chi connectivity index (χ0n) is 14.5. The average molecular weight is 372 g/mol. The molecule has 27 heavy (non-hydrogen) atoms. The number of nitrogens with zero attached hydrogens (tertiary/aromatic N) is 2. The maximum Gasteiger partial charge on any atom is 0.387 e. The Morgan fingerprint density at radius 3 is 2.78 bits per heavy atom. The predicted molar refractivity (Wildman–Crippen MR) is 96.2 cm³/mol. The van der Waals surface area contributed by atoms with E-state index in [9.17, 15) is 13.6 Å². The molecule has 2 aromatic rings. The molecule has 140 valence electrons. The number of ether oxygens (including phenoxy) is 1. The largest absolute Gasteiger partial charge is 0.433 e. The van der Waals surface area contributed by atoms with Crippen molar-refractivity contribution >= 4 is 17.3 Å². The monoisotopic (exact) mass is 372 g/mol. The van der Waals surface area contributed by atoms with Crippen molar-refractivity contribution in [2.45, 2.75) is 32.0 Å². The Morgan fingerprint density at radius 1 is 1.19 bits per heavy atom. The number of alkyl halides is 2. The van der Waals surface area contributed by atoms with Crippen LogP contribution in [0.2, 0.25) is 0 Å². The lowest BCUT2D eigenvalue weighted by Crippen LogP contribution is -2.42. The number of rotatable bonds is 4. The number of oxime groups is 1. The van der Waals surface area contributed by atoms with Crippen LogP contribution in [-0.4, -0.2) is 30.9 Å². The van der Waals surface area contributed by atoms with E-state index in [0.29, 0.717) is 30.8 Å². The zero-order chi connectivity index (χ0) is 18.8. The smallest absolute Gasteiger partial charge is 0.387 e. The predicted octanol–water partition coefficient (Wildman–Crippen LogP) is 3.76. The van der Waals surface area contributed by atoms with Gasteiger partial charge >= 0.3 is 6.61 Å². The first-order valence-corrected chi connectivity index (χ1v) is 8.79. The number of halogens is 2. The molecule has 0 radical (unpaired) electrons. The lowest BCUT2D eigenvalue weighted by Gasteiger charge is -2.32. The third-order valence-electron chi connectivity index (χ3n) is 4.71. The molecule has 1 atom stereocenters. The quantitative estimate of drug-likeness (QED) is 0.821. The molecule has 4 rings (SSSR count). The molecular formula is C20H18F2N2O3. The van der Waals surface area contributed by atoms with Gasteiger partial charge in [0.15, 0.2) is 0 Å². The molecule has 2 heterocycles. The van der Waals surface area contributed by atoms with Crippen LogP contribution in [0.15, 0.2) is 53.7 Å². The van der Waals surface area contributed by atoms with Gasteiger partial charge in [-0.15, -0.1) is 0 Å². The molecule has 0 unspecified atom stereocenters. The van der Waals surface area contributed by atoms with Crippen LogP contribution in [0.1, 0.15) is 24.0 Å². The van der Waals surface area contributed by atoms with Crippen LogP contribution in [0.3, 0.4) is 0 Å². The second-order valence-electron chi connectivity index (χ2n) is 6.44. The third kappa shape index (κ3) is 3.49. The normalized spacial score (nSPS) is 18.7. The van der Waals surface area contributed by atoms with E-state index in [-0.39, 0.29) is 11.7 Å². The molecular weight excluding hydrogens is 354 g/mol. The number of para-hydroxylation sites is 1. The first kappa shape index (κ1) is 17.5. The Bertz CT molecular complexity index is 871. The highest BCUT2D eigenvalue weighted by atomic mass is 19.3. The van der Waals surface area contributed by atoms with Crippen LogP contribution in [0.4, 0.5) is 14.5 Å². The summed E-state index contributed by atoms with van der Waals surface area (Å²) in [5, 5.41) is 4.05. The minimum absolute atomic E-state index is 0.0118. The lowest BCUT2D eigenvalue weighted by atomic mass is 9.99. The fraction of sp³-hybridized carbons (Fsp3) is 0.300. The molecule has 0 bridgehead atoms. The van der Waals surface area contributed by atoms with Crippen molar-refractivity contribution in [1.82, 2.24) is 0 Å². The highest BCUT2D eigenvalue weighted by molar-refractivity contribution is 6.07. The number of anilines is 1. The number of carbonyl (C=O) groups is 1. The molecule has 1 amide bonds. The van der Waals surface area contributed by atoms with Gasteiger partial charge in [-0.1, -0.05) is 47.6 Å². The van der Waals surface area contributed by atoms with Crippen molar-refractivity contribution in [2.24, 2.45) is 5.16 Å². The second kappa shape index (κ2) is 7.34. The average Bonchev–Trinajstić information content (AvgIpc) is 3.18. The Hall–Kier alpha value is -2.96. The van der Waals surface area contributed by atoms with Crippen molar-refractivity contribution < 1.29 is 23.1 Å². The Morgan fingerprint density at radius 2 is 2.00 bits per heavy atom. The number of hydrogen-bond acceptors (Lipinski definition) is 4. The van der Waals surface area contributed by atoms with Crippen molar-refractivity contribution in [2.75, 3.05) is 11.4 Å². The third-order valence-corrected chi connectivity index (χ3v) is 4.71. The van der Waals surface area contributed by atoms with E-state index in [0.717, 1.165) is 17.5 Å². The zero-order valence-corrected chi connectivity index (χ0v) is 14.5. The molecule has 2 aromatic carbocycles. The minimum atomic E-state index is -2.95. The van der Waals surface area contributed by atoms with E-state index in [1.807, 2.05) is 36.4 Å². The van der Waals surface area contributed by atoms with Gasteiger partial charge in [0.1, 0.15) is 5.75 Å². The highest BCUT2D eigenvalue weighted by Gasteiger charge is 2.36. The van der Waals surface area contributed by atoms with Crippen LogP contribution < -0.4 is 9.64 Å². The number of aryl methyl sites for hydroxylation is 1. The van der Waals surface area contributed by atoms with E-state index in [2.05, 4.69) is 9.89 Å². The Balaban J connectivity index is 1.56. The van der Waals surface area contributed by atoms with Crippen LogP contribution in [0, 0.1) is 0 Å². The summed E-state index contributed by atoms with van der Waals surface area (Å²) < 4.78 is 30.2. The van der Waals surface area contributed by atoms with Crippen LogP contribution >= 0.6 is 0 Å². The van der Waals surface area contributed by atoms with Crippen LogP contribution in [0.5, 0.6) is 5.75 Å².